The van der Waals surface area contributed by atoms with Gasteiger partial charge in [-0.25, -0.2) is 0 Å². The molecule has 3 fully saturated rings. The third kappa shape index (κ3) is 2.68. The van der Waals surface area contributed by atoms with Crippen LogP contribution in [0.1, 0.15) is 64.4 Å². The molecule has 7 atom stereocenters. The summed E-state index contributed by atoms with van der Waals surface area (Å²) in [4.78, 5) is 0. The zero-order valence-corrected chi connectivity index (χ0v) is 17.3. The Morgan fingerprint density at radius 3 is 2.54 bits per heavy atom. The van der Waals surface area contributed by atoms with E-state index in [1.54, 1.807) is 0 Å². The van der Waals surface area contributed by atoms with Crippen LogP contribution < -0.4 is 0 Å². The molecule has 0 unspecified atom stereocenters. The molecule has 2 nitrogen and oxygen atoms in total. The zero-order valence-electron chi connectivity index (χ0n) is 17.3. The molecule has 0 aliphatic heterocycles. The molecule has 1 aromatic carbocycles. The van der Waals surface area contributed by atoms with Gasteiger partial charge in [-0.05, 0) is 79.3 Å². The number of allylic oxidation sites excluding steroid dienone is 1. The van der Waals surface area contributed by atoms with Crippen LogP contribution in [0.25, 0.3) is 6.08 Å². The minimum Gasteiger partial charge on any atom is -0.393 e. The normalized spacial score (nSPS) is 46.5. The molecule has 0 aromatic heterocycles. The summed E-state index contributed by atoms with van der Waals surface area (Å²) in [5, 5.41) is 21.5. The third-order valence-electron chi connectivity index (χ3n) is 9.10. The number of hydrogen-bond acceptors (Lipinski definition) is 2. The molecule has 5 rings (SSSR count). The largest absolute Gasteiger partial charge is 0.393 e. The van der Waals surface area contributed by atoms with Crippen molar-refractivity contribution in [3.8, 4) is 0 Å². The Kier molecular flexibility index (Phi) is 4.37. The monoisotopic (exact) mass is 378 g/mol. The van der Waals surface area contributed by atoms with E-state index < -0.39 is 0 Å². The maximum absolute atomic E-state index is 11.3. The number of hydrogen-bond donors (Lipinski definition) is 2. The fourth-order valence-corrected chi connectivity index (χ4v) is 7.40. The van der Waals surface area contributed by atoms with Gasteiger partial charge in [0.2, 0.25) is 0 Å². The van der Waals surface area contributed by atoms with Crippen LogP contribution in [0, 0.1) is 28.6 Å². The lowest BCUT2D eigenvalue weighted by atomic mass is 9.48. The summed E-state index contributed by atoms with van der Waals surface area (Å²) < 4.78 is 0. The zero-order chi connectivity index (χ0) is 19.5. The first-order valence-electron chi connectivity index (χ1n) is 11.2. The minimum atomic E-state index is -0.315. The fourth-order valence-electron chi connectivity index (χ4n) is 7.40. The molecule has 2 heteroatoms. The predicted molar refractivity (Wildman–Crippen MR) is 114 cm³/mol. The van der Waals surface area contributed by atoms with E-state index in [-0.39, 0.29) is 23.0 Å². The summed E-state index contributed by atoms with van der Waals surface area (Å²) in [6, 6.07) is 10.5. The second-order valence-corrected chi connectivity index (χ2v) is 10.4. The first-order valence-corrected chi connectivity index (χ1v) is 11.2. The number of benzene rings is 1. The topological polar surface area (TPSA) is 40.5 Å². The predicted octanol–water partition coefficient (Wildman–Crippen LogP) is 5.36. The first-order chi connectivity index (χ1) is 13.4. The van der Waals surface area contributed by atoms with Gasteiger partial charge >= 0.3 is 0 Å². The average molecular weight is 379 g/mol. The summed E-state index contributed by atoms with van der Waals surface area (Å²) in [6.07, 6.45) is 11.7. The van der Waals surface area contributed by atoms with Crippen LogP contribution in [0.3, 0.4) is 0 Å². The van der Waals surface area contributed by atoms with Crippen LogP contribution in [-0.2, 0) is 0 Å². The molecule has 0 heterocycles. The van der Waals surface area contributed by atoms with E-state index in [1.807, 2.05) is 6.07 Å². The number of aliphatic hydroxyl groups is 2. The van der Waals surface area contributed by atoms with Gasteiger partial charge in [0.1, 0.15) is 0 Å². The van der Waals surface area contributed by atoms with Gasteiger partial charge in [-0.3, -0.25) is 0 Å². The highest BCUT2D eigenvalue weighted by molar-refractivity contribution is 5.55. The SMILES string of the molecule is C[C@]12CC[C@H]3[C@@H](CC=C4C[C@@H](O)CC[C@@]43C)[C@@H]1C/C(=C\c1ccccc1)[C@H]2O. The molecule has 150 valence electrons. The van der Waals surface area contributed by atoms with Gasteiger partial charge in [0.05, 0.1) is 12.2 Å². The van der Waals surface area contributed by atoms with Gasteiger partial charge < -0.3 is 10.2 Å². The molecular formula is C26H34O2. The standard InChI is InChI=1S/C26H34O2/c1-25-12-10-20(27)16-19(25)8-9-21-22(25)11-13-26(2)23(21)15-18(24(26)28)14-17-6-4-3-5-7-17/h3-8,14,20-24,27-28H,9-13,15-16H2,1-2H3/b18-14+/t20-,21+,22-,23-,24+,25-,26-/m0/s1. The molecule has 3 saturated carbocycles. The van der Waals surface area contributed by atoms with E-state index in [4.69, 9.17) is 0 Å². The van der Waals surface area contributed by atoms with Gasteiger partial charge in [-0.15, -0.1) is 0 Å². The Hall–Kier alpha value is -1.38. The Labute approximate surface area is 169 Å². The summed E-state index contributed by atoms with van der Waals surface area (Å²) in [5.41, 5.74) is 4.24. The van der Waals surface area contributed by atoms with Gasteiger partial charge in [-0.2, -0.15) is 0 Å². The molecule has 2 N–H and O–H groups in total. The maximum Gasteiger partial charge on any atom is 0.0809 e. The van der Waals surface area contributed by atoms with E-state index >= 15 is 0 Å². The fraction of sp³-hybridized carbons (Fsp3) is 0.615. The van der Waals surface area contributed by atoms with E-state index in [9.17, 15) is 10.2 Å². The van der Waals surface area contributed by atoms with Crippen molar-refractivity contribution in [3.05, 3.63) is 53.1 Å². The third-order valence-corrected chi connectivity index (χ3v) is 9.10. The second kappa shape index (κ2) is 6.57. The van der Waals surface area contributed by atoms with Crippen molar-refractivity contribution in [2.24, 2.45) is 28.6 Å². The Morgan fingerprint density at radius 1 is 0.964 bits per heavy atom. The van der Waals surface area contributed by atoms with E-state index in [0.717, 1.165) is 38.5 Å². The van der Waals surface area contributed by atoms with Crippen LogP contribution in [0.2, 0.25) is 0 Å². The van der Waals surface area contributed by atoms with E-state index in [0.29, 0.717) is 17.8 Å². The van der Waals surface area contributed by atoms with Gasteiger partial charge in [0.15, 0.2) is 0 Å². The summed E-state index contributed by atoms with van der Waals surface area (Å²) in [7, 11) is 0. The highest BCUT2D eigenvalue weighted by Gasteiger charge is 2.59. The lowest BCUT2D eigenvalue weighted by Crippen LogP contribution is -2.51. The van der Waals surface area contributed by atoms with Crippen LogP contribution in [0.5, 0.6) is 0 Å². The van der Waals surface area contributed by atoms with E-state index in [1.165, 1.54) is 23.1 Å². The molecule has 0 spiro atoms. The van der Waals surface area contributed by atoms with Crippen molar-refractivity contribution in [1.29, 1.82) is 0 Å². The highest BCUT2D eigenvalue weighted by Crippen LogP contribution is 2.65. The quantitative estimate of drug-likeness (QED) is 0.646. The Morgan fingerprint density at radius 2 is 1.75 bits per heavy atom. The van der Waals surface area contributed by atoms with Crippen molar-refractivity contribution < 1.29 is 10.2 Å². The smallest absolute Gasteiger partial charge is 0.0809 e. The van der Waals surface area contributed by atoms with Gasteiger partial charge in [0, 0.05) is 5.41 Å². The lowest BCUT2D eigenvalue weighted by Gasteiger charge is -2.57. The van der Waals surface area contributed by atoms with Crippen LogP contribution in [0.15, 0.2) is 47.6 Å². The maximum atomic E-state index is 11.3. The van der Waals surface area contributed by atoms with Crippen LogP contribution >= 0.6 is 0 Å². The molecule has 0 amide bonds. The van der Waals surface area contributed by atoms with Gasteiger partial charge in [-0.1, -0.05) is 61.9 Å². The molecular weight excluding hydrogens is 344 g/mol. The van der Waals surface area contributed by atoms with Crippen molar-refractivity contribution in [1.82, 2.24) is 0 Å². The number of aliphatic hydroxyl groups excluding tert-OH is 2. The molecule has 4 aliphatic rings. The van der Waals surface area contributed by atoms with Crippen molar-refractivity contribution in [3.63, 3.8) is 0 Å². The van der Waals surface area contributed by atoms with Crippen LogP contribution in [-0.4, -0.2) is 22.4 Å². The van der Waals surface area contributed by atoms with E-state index in [2.05, 4.69) is 50.3 Å². The molecule has 0 bridgehead atoms. The Bertz CT molecular complexity index is 809. The molecule has 0 saturated heterocycles. The molecule has 0 radical (unpaired) electrons. The molecule has 28 heavy (non-hydrogen) atoms. The summed E-state index contributed by atoms with van der Waals surface area (Å²) in [6.45, 7) is 4.81. The van der Waals surface area contributed by atoms with Crippen molar-refractivity contribution in [2.45, 2.75) is 71.0 Å². The number of fused-ring (bicyclic) bond motifs is 5. The first kappa shape index (κ1) is 18.6. The number of rotatable bonds is 1. The lowest BCUT2D eigenvalue weighted by molar-refractivity contribution is -0.0685. The van der Waals surface area contributed by atoms with Crippen molar-refractivity contribution >= 4 is 6.08 Å². The van der Waals surface area contributed by atoms with Gasteiger partial charge in [0.25, 0.3) is 0 Å². The molecule has 1 aromatic rings. The summed E-state index contributed by atoms with van der Waals surface area (Å²) >= 11 is 0. The van der Waals surface area contributed by atoms with Crippen LogP contribution in [0.4, 0.5) is 0 Å². The minimum absolute atomic E-state index is 0.0116. The molecule has 4 aliphatic carbocycles. The highest BCUT2D eigenvalue weighted by atomic mass is 16.3. The average Bonchev–Trinajstić information content (AvgIpc) is 2.94. The van der Waals surface area contributed by atoms with Crippen molar-refractivity contribution in [2.75, 3.05) is 0 Å². The second-order valence-electron chi connectivity index (χ2n) is 10.4. The Balaban J connectivity index is 1.47. The summed E-state index contributed by atoms with van der Waals surface area (Å²) in [5.74, 6) is 1.94.